The van der Waals surface area contributed by atoms with Crippen LogP contribution in [-0.4, -0.2) is 25.0 Å². The van der Waals surface area contributed by atoms with Crippen LogP contribution >= 0.6 is 11.3 Å². The topological polar surface area (TPSA) is 15.3 Å². The highest BCUT2D eigenvalue weighted by Gasteiger charge is 2.22. The number of nitrogens with zero attached hydrogens (tertiary/aromatic N) is 1. The molecule has 1 aromatic heterocycles. The molecule has 0 saturated carbocycles. The number of nitrogens with one attached hydrogen (secondary N) is 1. The minimum atomic E-state index is 0.658. The number of hydrogen-bond acceptors (Lipinski definition) is 3. The normalized spacial score (nSPS) is 26.9. The molecule has 15 heavy (non-hydrogen) atoms. The van der Waals surface area contributed by atoms with Crippen LogP contribution in [0.25, 0.3) is 0 Å². The molecule has 3 heteroatoms. The van der Waals surface area contributed by atoms with Gasteiger partial charge in [0, 0.05) is 28.9 Å². The molecule has 2 aliphatic heterocycles. The third-order valence-electron chi connectivity index (χ3n) is 3.48. The Bertz CT molecular complexity index is 353. The van der Waals surface area contributed by atoms with Gasteiger partial charge in [0.05, 0.1) is 0 Å². The van der Waals surface area contributed by atoms with Gasteiger partial charge in [0.2, 0.25) is 0 Å². The fraction of sp³-hybridized carbons (Fsp3) is 0.667. The second kappa shape index (κ2) is 3.89. The summed E-state index contributed by atoms with van der Waals surface area (Å²) in [6.45, 7) is 3.58. The highest BCUT2D eigenvalue weighted by molar-refractivity contribution is 7.12. The highest BCUT2D eigenvalue weighted by atomic mass is 32.1. The maximum absolute atomic E-state index is 3.59. The number of likely N-dealkylation sites (N-methyl/N-ethyl adjacent to an activating group) is 1. The monoisotopic (exact) mass is 222 g/mol. The molecule has 1 unspecified atom stereocenters. The van der Waals surface area contributed by atoms with E-state index in [0.717, 1.165) is 6.54 Å². The van der Waals surface area contributed by atoms with Crippen LogP contribution in [0.2, 0.25) is 0 Å². The standard InChI is InChI=1S/C12H18N2S/c1-14-6-4-11-9(8-14)7-12(15-11)10-3-2-5-13-10/h7,10,13H,2-6,8H2,1H3. The summed E-state index contributed by atoms with van der Waals surface area (Å²) >= 11 is 2.05. The smallest absolute Gasteiger partial charge is 0.0415 e. The molecular formula is C12H18N2S. The lowest BCUT2D eigenvalue weighted by Gasteiger charge is -2.21. The van der Waals surface area contributed by atoms with Crippen molar-refractivity contribution < 1.29 is 0 Å². The Morgan fingerprint density at radius 3 is 3.27 bits per heavy atom. The summed E-state index contributed by atoms with van der Waals surface area (Å²) in [4.78, 5) is 5.63. The van der Waals surface area contributed by atoms with Crippen molar-refractivity contribution in [3.63, 3.8) is 0 Å². The molecule has 0 aliphatic carbocycles. The van der Waals surface area contributed by atoms with Crippen molar-refractivity contribution in [2.24, 2.45) is 0 Å². The first-order chi connectivity index (χ1) is 7.33. The summed E-state index contributed by atoms with van der Waals surface area (Å²) < 4.78 is 0. The van der Waals surface area contributed by atoms with Crippen LogP contribution in [0.5, 0.6) is 0 Å². The van der Waals surface area contributed by atoms with Crippen LogP contribution in [0, 0.1) is 0 Å². The lowest BCUT2D eigenvalue weighted by Crippen LogP contribution is -2.25. The van der Waals surface area contributed by atoms with Crippen LogP contribution in [0.1, 0.15) is 34.2 Å². The van der Waals surface area contributed by atoms with Crippen molar-refractivity contribution in [3.8, 4) is 0 Å². The van der Waals surface area contributed by atoms with Gasteiger partial charge in [0.1, 0.15) is 0 Å². The Morgan fingerprint density at radius 2 is 2.47 bits per heavy atom. The predicted molar refractivity (Wildman–Crippen MR) is 64.3 cm³/mol. The van der Waals surface area contributed by atoms with Gasteiger partial charge in [0.15, 0.2) is 0 Å². The molecule has 0 spiro atoms. The van der Waals surface area contributed by atoms with Crippen LogP contribution < -0.4 is 5.32 Å². The Morgan fingerprint density at radius 1 is 1.53 bits per heavy atom. The zero-order valence-electron chi connectivity index (χ0n) is 9.25. The van der Waals surface area contributed by atoms with Gasteiger partial charge in [-0.05, 0) is 44.5 Å². The van der Waals surface area contributed by atoms with Crippen LogP contribution in [0.3, 0.4) is 0 Å². The van der Waals surface area contributed by atoms with E-state index in [2.05, 4.69) is 23.3 Å². The largest absolute Gasteiger partial charge is 0.309 e. The first-order valence-electron chi connectivity index (χ1n) is 5.86. The van der Waals surface area contributed by atoms with E-state index in [1.165, 1.54) is 32.4 Å². The third kappa shape index (κ3) is 1.84. The Kier molecular flexibility index (Phi) is 2.54. The summed E-state index contributed by atoms with van der Waals surface area (Å²) in [5.74, 6) is 0. The fourth-order valence-electron chi connectivity index (χ4n) is 2.60. The molecule has 3 heterocycles. The van der Waals surface area contributed by atoms with Gasteiger partial charge in [0.25, 0.3) is 0 Å². The lowest BCUT2D eigenvalue weighted by atomic mass is 10.1. The van der Waals surface area contributed by atoms with Crippen molar-refractivity contribution in [3.05, 3.63) is 21.4 Å². The number of hydrogen-bond donors (Lipinski definition) is 1. The van der Waals surface area contributed by atoms with Gasteiger partial charge in [-0.1, -0.05) is 0 Å². The Hall–Kier alpha value is -0.380. The maximum atomic E-state index is 3.59. The van der Waals surface area contributed by atoms with E-state index < -0.39 is 0 Å². The number of rotatable bonds is 1. The highest BCUT2D eigenvalue weighted by Crippen LogP contribution is 2.34. The molecule has 1 atom stereocenters. The minimum absolute atomic E-state index is 0.658. The van der Waals surface area contributed by atoms with E-state index in [9.17, 15) is 0 Å². The molecular weight excluding hydrogens is 204 g/mol. The van der Waals surface area contributed by atoms with Gasteiger partial charge in [-0.25, -0.2) is 0 Å². The van der Waals surface area contributed by atoms with Crippen LogP contribution in [0.4, 0.5) is 0 Å². The molecule has 1 aromatic rings. The molecule has 3 rings (SSSR count). The molecule has 0 amide bonds. The molecule has 0 radical (unpaired) electrons. The van der Waals surface area contributed by atoms with Crippen LogP contribution in [0.15, 0.2) is 6.07 Å². The van der Waals surface area contributed by atoms with Crippen molar-refractivity contribution in [2.45, 2.75) is 31.8 Å². The zero-order valence-corrected chi connectivity index (χ0v) is 10.1. The summed E-state index contributed by atoms with van der Waals surface area (Å²) in [6.07, 6.45) is 3.92. The predicted octanol–water partition coefficient (Wildman–Crippen LogP) is 2.16. The van der Waals surface area contributed by atoms with E-state index in [0.29, 0.717) is 6.04 Å². The molecule has 1 saturated heterocycles. The Labute approximate surface area is 95.3 Å². The van der Waals surface area contributed by atoms with E-state index in [-0.39, 0.29) is 0 Å². The van der Waals surface area contributed by atoms with Crippen molar-refractivity contribution >= 4 is 11.3 Å². The molecule has 2 nitrogen and oxygen atoms in total. The second-order valence-electron chi connectivity index (χ2n) is 4.73. The second-order valence-corrected chi connectivity index (χ2v) is 5.90. The lowest BCUT2D eigenvalue weighted by molar-refractivity contribution is 0.315. The average Bonchev–Trinajstić information content (AvgIpc) is 2.84. The Balaban J connectivity index is 1.85. The minimum Gasteiger partial charge on any atom is -0.309 e. The van der Waals surface area contributed by atoms with Gasteiger partial charge in [-0.3, -0.25) is 0 Å². The SMILES string of the molecule is CN1CCc2sc(C3CCCN3)cc2C1. The number of fused-ring (bicyclic) bond motifs is 1. The summed E-state index contributed by atoms with van der Waals surface area (Å²) in [5.41, 5.74) is 1.58. The molecule has 1 fully saturated rings. The van der Waals surface area contributed by atoms with E-state index >= 15 is 0 Å². The quantitative estimate of drug-likeness (QED) is 0.783. The van der Waals surface area contributed by atoms with E-state index in [1.807, 2.05) is 11.3 Å². The summed E-state index contributed by atoms with van der Waals surface area (Å²) in [7, 11) is 2.22. The van der Waals surface area contributed by atoms with Crippen molar-refractivity contribution in [2.75, 3.05) is 20.1 Å². The van der Waals surface area contributed by atoms with E-state index in [4.69, 9.17) is 0 Å². The van der Waals surface area contributed by atoms with Gasteiger partial charge >= 0.3 is 0 Å². The molecule has 82 valence electrons. The van der Waals surface area contributed by atoms with Gasteiger partial charge < -0.3 is 10.2 Å². The van der Waals surface area contributed by atoms with E-state index in [1.54, 1.807) is 15.3 Å². The first kappa shape index (κ1) is 9.82. The van der Waals surface area contributed by atoms with Crippen LogP contribution in [-0.2, 0) is 13.0 Å². The first-order valence-corrected chi connectivity index (χ1v) is 6.68. The van der Waals surface area contributed by atoms with Crippen molar-refractivity contribution in [1.82, 2.24) is 10.2 Å². The molecule has 2 aliphatic rings. The summed E-state index contributed by atoms with van der Waals surface area (Å²) in [6, 6.07) is 3.10. The summed E-state index contributed by atoms with van der Waals surface area (Å²) in [5, 5.41) is 3.59. The van der Waals surface area contributed by atoms with Gasteiger partial charge in [-0.2, -0.15) is 0 Å². The van der Waals surface area contributed by atoms with Gasteiger partial charge in [-0.15, -0.1) is 11.3 Å². The average molecular weight is 222 g/mol. The fourth-order valence-corrected chi connectivity index (χ4v) is 3.87. The molecule has 1 N–H and O–H groups in total. The molecule has 0 bridgehead atoms. The van der Waals surface area contributed by atoms with Crippen molar-refractivity contribution in [1.29, 1.82) is 0 Å². The maximum Gasteiger partial charge on any atom is 0.0415 e. The third-order valence-corrected chi connectivity index (χ3v) is 4.83. The number of thiophene rings is 1. The molecule has 0 aromatic carbocycles. The zero-order chi connectivity index (χ0) is 10.3.